The van der Waals surface area contributed by atoms with Gasteiger partial charge >= 0.3 is 0 Å². The number of nitrogens with two attached hydrogens (primary N) is 1. The normalized spacial score (nSPS) is 21.0. The molecule has 1 aliphatic heterocycles. The number of para-hydroxylation sites is 1. The molecule has 1 atom stereocenters. The van der Waals surface area contributed by atoms with Gasteiger partial charge in [0.15, 0.2) is 5.60 Å². The Morgan fingerprint density at radius 1 is 1.32 bits per heavy atom. The Labute approximate surface area is 110 Å². The Kier molecular flexibility index (Phi) is 2.50. The number of fused-ring (bicyclic) bond motifs is 1. The maximum absolute atomic E-state index is 12.0. The first-order valence-electron chi connectivity index (χ1n) is 5.93. The molecule has 3 rings (SSSR count). The number of nitrogens with zero attached hydrogens (tertiary/aromatic N) is 1. The average molecular weight is 255 g/mol. The molecule has 1 unspecified atom stereocenters. The molecule has 2 heterocycles. The lowest BCUT2D eigenvalue weighted by Crippen LogP contribution is -2.36. The van der Waals surface area contributed by atoms with E-state index in [1.54, 1.807) is 36.7 Å². The van der Waals surface area contributed by atoms with Crippen LogP contribution >= 0.6 is 0 Å². The second kappa shape index (κ2) is 4.07. The number of carbonyl (C=O) groups is 1. The monoisotopic (exact) mass is 255 g/mol. The lowest BCUT2D eigenvalue weighted by atomic mass is 9.88. The number of hydrogen-bond donors (Lipinski definition) is 3. The summed E-state index contributed by atoms with van der Waals surface area (Å²) >= 11 is 0. The number of rotatable bonds is 2. The van der Waals surface area contributed by atoms with Crippen molar-refractivity contribution < 1.29 is 9.90 Å². The fraction of sp³-hybridized carbons (Fsp3) is 0.143. The summed E-state index contributed by atoms with van der Waals surface area (Å²) in [6.45, 7) is 0. The third kappa shape index (κ3) is 1.75. The fourth-order valence-corrected chi connectivity index (χ4v) is 2.34. The van der Waals surface area contributed by atoms with Crippen molar-refractivity contribution in [3.05, 3.63) is 53.9 Å². The number of hydrogen-bond acceptors (Lipinski definition) is 4. The molecule has 1 aromatic carbocycles. The number of amides is 1. The van der Waals surface area contributed by atoms with Gasteiger partial charge in [-0.2, -0.15) is 0 Å². The van der Waals surface area contributed by atoms with Crippen LogP contribution in [0.25, 0.3) is 0 Å². The van der Waals surface area contributed by atoms with Crippen LogP contribution in [0.1, 0.15) is 11.1 Å². The van der Waals surface area contributed by atoms with Gasteiger partial charge in [0.05, 0.1) is 0 Å². The zero-order valence-electron chi connectivity index (χ0n) is 10.1. The van der Waals surface area contributed by atoms with E-state index in [1.807, 2.05) is 6.07 Å². The Bertz CT molecular complexity index is 657. The van der Waals surface area contributed by atoms with Gasteiger partial charge in [-0.05, 0) is 17.7 Å². The standard InChI is InChI=1S/C14H13N3O2/c15-11-5-6-16-8-9(11)7-14(19)10-3-1-2-4-12(10)17-13(14)18/h1-6,8,19H,7H2,(H2,15,16)(H,17,18). The third-order valence-corrected chi connectivity index (χ3v) is 3.38. The summed E-state index contributed by atoms with van der Waals surface area (Å²) in [4.78, 5) is 16.0. The Hall–Kier alpha value is -2.40. The molecule has 0 fully saturated rings. The third-order valence-electron chi connectivity index (χ3n) is 3.38. The van der Waals surface area contributed by atoms with Crippen molar-refractivity contribution in [3.63, 3.8) is 0 Å². The van der Waals surface area contributed by atoms with Gasteiger partial charge in [0.25, 0.3) is 5.91 Å². The van der Waals surface area contributed by atoms with Crippen molar-refractivity contribution >= 4 is 17.3 Å². The van der Waals surface area contributed by atoms with Crippen molar-refractivity contribution in [2.45, 2.75) is 12.0 Å². The maximum Gasteiger partial charge on any atom is 0.261 e. The molecule has 0 saturated heterocycles. The lowest BCUT2D eigenvalue weighted by Gasteiger charge is -2.21. The average Bonchev–Trinajstić information content (AvgIpc) is 2.65. The summed E-state index contributed by atoms with van der Waals surface area (Å²) in [5.74, 6) is -0.433. The molecule has 0 spiro atoms. The largest absolute Gasteiger partial charge is 0.398 e. The summed E-state index contributed by atoms with van der Waals surface area (Å²) in [6.07, 6.45) is 3.25. The zero-order valence-corrected chi connectivity index (χ0v) is 10.1. The van der Waals surface area contributed by atoms with Gasteiger partial charge in [0, 0.05) is 35.8 Å². The number of benzene rings is 1. The molecular weight excluding hydrogens is 242 g/mol. The molecule has 4 N–H and O–H groups in total. The predicted octanol–water partition coefficient (Wildman–Crippen LogP) is 1.05. The highest BCUT2D eigenvalue weighted by Crippen LogP contribution is 2.38. The molecular formula is C14H13N3O2. The van der Waals surface area contributed by atoms with Gasteiger partial charge in [-0.15, -0.1) is 0 Å². The number of aromatic nitrogens is 1. The molecule has 1 aliphatic rings. The highest BCUT2D eigenvalue weighted by molar-refractivity contribution is 6.05. The van der Waals surface area contributed by atoms with Gasteiger partial charge in [-0.1, -0.05) is 18.2 Å². The van der Waals surface area contributed by atoms with Gasteiger partial charge in [0.2, 0.25) is 0 Å². The highest BCUT2D eigenvalue weighted by Gasteiger charge is 2.45. The van der Waals surface area contributed by atoms with Gasteiger partial charge < -0.3 is 16.2 Å². The quantitative estimate of drug-likeness (QED) is 0.748. The van der Waals surface area contributed by atoms with Crippen LogP contribution in [-0.2, 0) is 16.8 Å². The fourth-order valence-electron chi connectivity index (χ4n) is 2.34. The van der Waals surface area contributed by atoms with Gasteiger partial charge in [0.1, 0.15) is 0 Å². The molecule has 1 aromatic heterocycles. The number of nitrogens with one attached hydrogen (secondary N) is 1. The SMILES string of the molecule is Nc1ccncc1CC1(O)C(=O)Nc2ccccc21. The first-order chi connectivity index (χ1) is 9.11. The summed E-state index contributed by atoms with van der Waals surface area (Å²) in [6, 6.07) is 8.75. The zero-order chi connectivity index (χ0) is 13.5. The van der Waals surface area contributed by atoms with E-state index in [0.29, 0.717) is 22.5 Å². The first-order valence-corrected chi connectivity index (χ1v) is 5.93. The molecule has 2 aromatic rings. The smallest absolute Gasteiger partial charge is 0.261 e. The molecule has 1 amide bonds. The van der Waals surface area contributed by atoms with E-state index in [2.05, 4.69) is 10.3 Å². The van der Waals surface area contributed by atoms with Crippen LogP contribution in [0.15, 0.2) is 42.7 Å². The summed E-state index contributed by atoms with van der Waals surface area (Å²) in [7, 11) is 0. The van der Waals surface area contributed by atoms with Crippen LogP contribution < -0.4 is 11.1 Å². The second-order valence-corrected chi connectivity index (χ2v) is 4.61. The van der Waals surface area contributed by atoms with Crippen LogP contribution in [0, 0.1) is 0 Å². The predicted molar refractivity (Wildman–Crippen MR) is 71.3 cm³/mol. The van der Waals surface area contributed by atoms with E-state index in [4.69, 9.17) is 5.73 Å². The molecule has 0 aliphatic carbocycles. The molecule has 19 heavy (non-hydrogen) atoms. The minimum absolute atomic E-state index is 0.107. The van der Waals surface area contributed by atoms with E-state index in [0.717, 1.165) is 0 Å². The van der Waals surface area contributed by atoms with Crippen molar-refractivity contribution in [3.8, 4) is 0 Å². The topological polar surface area (TPSA) is 88.2 Å². The Balaban J connectivity index is 2.04. The van der Waals surface area contributed by atoms with Crippen LogP contribution in [0.2, 0.25) is 0 Å². The summed E-state index contributed by atoms with van der Waals surface area (Å²) in [5, 5.41) is 13.4. The minimum Gasteiger partial charge on any atom is -0.398 e. The lowest BCUT2D eigenvalue weighted by molar-refractivity contribution is -0.133. The Morgan fingerprint density at radius 3 is 2.89 bits per heavy atom. The molecule has 0 saturated carbocycles. The van der Waals surface area contributed by atoms with Crippen LogP contribution in [0.4, 0.5) is 11.4 Å². The molecule has 5 nitrogen and oxygen atoms in total. The second-order valence-electron chi connectivity index (χ2n) is 4.61. The van der Waals surface area contributed by atoms with Crippen molar-refractivity contribution in [1.82, 2.24) is 4.98 Å². The van der Waals surface area contributed by atoms with Crippen molar-refractivity contribution in [1.29, 1.82) is 0 Å². The van der Waals surface area contributed by atoms with E-state index < -0.39 is 11.5 Å². The number of aliphatic hydroxyl groups is 1. The molecule has 5 heteroatoms. The molecule has 0 radical (unpaired) electrons. The first kappa shape index (κ1) is 11.7. The summed E-state index contributed by atoms with van der Waals surface area (Å²) < 4.78 is 0. The number of pyridine rings is 1. The maximum atomic E-state index is 12.0. The minimum atomic E-state index is -1.59. The van der Waals surface area contributed by atoms with E-state index in [1.165, 1.54) is 0 Å². The highest BCUT2D eigenvalue weighted by atomic mass is 16.3. The summed E-state index contributed by atoms with van der Waals surface area (Å²) in [5.41, 5.74) is 6.62. The van der Waals surface area contributed by atoms with Crippen LogP contribution in [0.5, 0.6) is 0 Å². The number of nitrogen functional groups attached to an aromatic ring is 1. The van der Waals surface area contributed by atoms with Crippen molar-refractivity contribution in [2.24, 2.45) is 0 Å². The molecule has 0 bridgehead atoms. The number of anilines is 2. The van der Waals surface area contributed by atoms with Gasteiger partial charge in [-0.25, -0.2) is 0 Å². The van der Waals surface area contributed by atoms with Crippen LogP contribution in [-0.4, -0.2) is 16.0 Å². The van der Waals surface area contributed by atoms with Crippen molar-refractivity contribution in [2.75, 3.05) is 11.1 Å². The Morgan fingerprint density at radius 2 is 2.11 bits per heavy atom. The van der Waals surface area contributed by atoms with Crippen LogP contribution in [0.3, 0.4) is 0 Å². The number of carbonyl (C=O) groups excluding carboxylic acids is 1. The molecule has 96 valence electrons. The van der Waals surface area contributed by atoms with E-state index in [-0.39, 0.29) is 6.42 Å². The van der Waals surface area contributed by atoms with E-state index in [9.17, 15) is 9.90 Å². The van der Waals surface area contributed by atoms with Gasteiger partial charge in [-0.3, -0.25) is 9.78 Å². The van der Waals surface area contributed by atoms with E-state index >= 15 is 0 Å².